The van der Waals surface area contributed by atoms with Crippen LogP contribution in [0.1, 0.15) is 16.7 Å². The fourth-order valence-electron chi connectivity index (χ4n) is 1.89. The zero-order valence-corrected chi connectivity index (χ0v) is 11.4. The highest BCUT2D eigenvalue weighted by Crippen LogP contribution is 2.28. The third kappa shape index (κ3) is 3.20. The minimum atomic E-state index is 0.0413. The van der Waals surface area contributed by atoms with Crippen molar-refractivity contribution in [2.24, 2.45) is 0 Å². The quantitative estimate of drug-likeness (QED) is 0.689. The summed E-state index contributed by atoms with van der Waals surface area (Å²) >= 11 is 0. The zero-order valence-electron chi connectivity index (χ0n) is 11.4. The van der Waals surface area contributed by atoms with Gasteiger partial charge >= 0.3 is 0 Å². The Kier molecular flexibility index (Phi) is 4.23. The first-order chi connectivity index (χ1) is 10.2. The van der Waals surface area contributed by atoms with Gasteiger partial charge in [0.1, 0.15) is 0 Å². The van der Waals surface area contributed by atoms with Gasteiger partial charge in [-0.3, -0.25) is 0 Å². The van der Waals surface area contributed by atoms with E-state index in [1.165, 1.54) is 13.2 Å². The van der Waals surface area contributed by atoms with Crippen molar-refractivity contribution in [1.82, 2.24) is 0 Å². The van der Waals surface area contributed by atoms with E-state index in [0.29, 0.717) is 22.4 Å². The van der Waals surface area contributed by atoms with E-state index in [1.54, 1.807) is 42.5 Å². The Bertz CT molecular complexity index is 780. The largest absolute Gasteiger partial charge is 0.504 e. The fraction of sp³-hybridized carbons (Fsp3) is 0.0588. The highest BCUT2D eigenvalue weighted by atomic mass is 16.5. The molecule has 2 aromatic rings. The maximum Gasteiger partial charge on any atom is 0.161 e. The first-order valence-corrected chi connectivity index (χ1v) is 6.17. The lowest BCUT2D eigenvalue weighted by Gasteiger charge is -2.05. The van der Waals surface area contributed by atoms with Gasteiger partial charge < -0.3 is 9.84 Å². The maximum absolute atomic E-state index is 9.56. The number of benzene rings is 2. The van der Waals surface area contributed by atoms with Crippen LogP contribution in [-0.4, -0.2) is 12.2 Å². The second-order valence-corrected chi connectivity index (χ2v) is 4.29. The van der Waals surface area contributed by atoms with Gasteiger partial charge in [0.15, 0.2) is 11.5 Å². The minimum Gasteiger partial charge on any atom is -0.504 e. The van der Waals surface area contributed by atoms with Crippen molar-refractivity contribution < 1.29 is 9.84 Å². The van der Waals surface area contributed by atoms with Crippen molar-refractivity contribution >= 4 is 11.6 Å². The average molecular weight is 276 g/mol. The SMILES string of the molecule is COc1cc(/C=C(/C#N)c2cccc(C#N)c2)ccc1O. The van der Waals surface area contributed by atoms with Crippen LogP contribution in [0.3, 0.4) is 0 Å². The molecule has 0 aromatic heterocycles. The lowest BCUT2D eigenvalue weighted by atomic mass is 10.0. The summed E-state index contributed by atoms with van der Waals surface area (Å²) < 4.78 is 5.04. The number of nitrogens with zero attached hydrogens (tertiary/aromatic N) is 2. The predicted octanol–water partition coefficient (Wildman–Crippen LogP) is 3.34. The van der Waals surface area contributed by atoms with Crippen molar-refractivity contribution in [1.29, 1.82) is 10.5 Å². The van der Waals surface area contributed by atoms with Gasteiger partial charge in [0, 0.05) is 0 Å². The molecule has 0 bridgehead atoms. The molecule has 21 heavy (non-hydrogen) atoms. The Hall–Kier alpha value is -3.24. The highest BCUT2D eigenvalue weighted by Gasteiger charge is 2.05. The van der Waals surface area contributed by atoms with Crippen molar-refractivity contribution in [2.45, 2.75) is 0 Å². The Labute approximate surface area is 122 Å². The average Bonchev–Trinajstić information content (AvgIpc) is 2.54. The Morgan fingerprint density at radius 2 is 2.00 bits per heavy atom. The molecule has 1 N–H and O–H groups in total. The van der Waals surface area contributed by atoms with Crippen LogP contribution in [0.5, 0.6) is 11.5 Å². The molecule has 0 aliphatic rings. The van der Waals surface area contributed by atoms with Crippen molar-refractivity contribution in [3.8, 4) is 23.6 Å². The van der Waals surface area contributed by atoms with Crippen LogP contribution in [0.15, 0.2) is 42.5 Å². The molecule has 2 aromatic carbocycles. The van der Waals surface area contributed by atoms with Crippen LogP contribution >= 0.6 is 0 Å². The second-order valence-electron chi connectivity index (χ2n) is 4.29. The number of ether oxygens (including phenoxy) is 1. The third-order valence-electron chi connectivity index (χ3n) is 2.94. The second kappa shape index (κ2) is 6.27. The summed E-state index contributed by atoms with van der Waals surface area (Å²) in [5.74, 6) is 0.381. The van der Waals surface area contributed by atoms with Gasteiger partial charge in [0.05, 0.1) is 30.4 Å². The first kappa shape index (κ1) is 14.2. The van der Waals surface area contributed by atoms with Crippen LogP contribution in [0.25, 0.3) is 11.6 Å². The van der Waals surface area contributed by atoms with E-state index in [1.807, 2.05) is 6.07 Å². The van der Waals surface area contributed by atoms with Gasteiger partial charge in [-0.15, -0.1) is 0 Å². The van der Waals surface area contributed by atoms with Crippen molar-refractivity contribution in [2.75, 3.05) is 7.11 Å². The molecule has 0 amide bonds. The number of hydrogen-bond donors (Lipinski definition) is 1. The molecular weight excluding hydrogens is 264 g/mol. The Morgan fingerprint density at radius 1 is 1.19 bits per heavy atom. The molecule has 0 saturated carbocycles. The molecule has 0 saturated heterocycles. The summed E-state index contributed by atoms with van der Waals surface area (Å²) in [6.45, 7) is 0. The molecule has 0 heterocycles. The summed E-state index contributed by atoms with van der Waals surface area (Å²) in [7, 11) is 1.46. The smallest absolute Gasteiger partial charge is 0.161 e. The van der Waals surface area contributed by atoms with Crippen LogP contribution in [0.2, 0.25) is 0 Å². The number of aromatic hydroxyl groups is 1. The molecular formula is C17H12N2O2. The van der Waals surface area contributed by atoms with Crippen LogP contribution in [0, 0.1) is 22.7 Å². The molecule has 2 rings (SSSR count). The molecule has 0 aliphatic carbocycles. The van der Waals surface area contributed by atoms with Gasteiger partial charge in [0.25, 0.3) is 0 Å². The fourth-order valence-corrected chi connectivity index (χ4v) is 1.89. The number of rotatable bonds is 3. The van der Waals surface area contributed by atoms with E-state index in [0.717, 1.165) is 5.56 Å². The van der Waals surface area contributed by atoms with Crippen LogP contribution < -0.4 is 4.74 Å². The van der Waals surface area contributed by atoms with E-state index >= 15 is 0 Å². The van der Waals surface area contributed by atoms with Crippen LogP contribution in [-0.2, 0) is 0 Å². The van der Waals surface area contributed by atoms with E-state index in [4.69, 9.17) is 10.00 Å². The number of hydrogen-bond acceptors (Lipinski definition) is 4. The van der Waals surface area contributed by atoms with Crippen molar-refractivity contribution in [3.05, 3.63) is 59.2 Å². The lowest BCUT2D eigenvalue weighted by molar-refractivity contribution is 0.373. The van der Waals surface area contributed by atoms with Gasteiger partial charge in [-0.2, -0.15) is 10.5 Å². The molecule has 102 valence electrons. The zero-order chi connectivity index (χ0) is 15.2. The van der Waals surface area contributed by atoms with E-state index in [2.05, 4.69) is 6.07 Å². The van der Waals surface area contributed by atoms with Gasteiger partial charge in [-0.25, -0.2) is 0 Å². The van der Waals surface area contributed by atoms with Gasteiger partial charge in [0.2, 0.25) is 0 Å². The molecule has 0 unspecified atom stereocenters. The summed E-state index contributed by atoms with van der Waals surface area (Å²) in [6.07, 6.45) is 1.68. The highest BCUT2D eigenvalue weighted by molar-refractivity contribution is 5.90. The minimum absolute atomic E-state index is 0.0413. The summed E-state index contributed by atoms with van der Waals surface area (Å²) in [4.78, 5) is 0. The Morgan fingerprint density at radius 3 is 2.67 bits per heavy atom. The molecule has 0 aliphatic heterocycles. The third-order valence-corrected chi connectivity index (χ3v) is 2.94. The van der Waals surface area contributed by atoms with E-state index < -0.39 is 0 Å². The predicted molar refractivity (Wildman–Crippen MR) is 79.3 cm³/mol. The van der Waals surface area contributed by atoms with Gasteiger partial charge in [-0.05, 0) is 41.5 Å². The number of phenolic OH excluding ortho intramolecular Hbond substituents is 1. The monoisotopic (exact) mass is 276 g/mol. The molecule has 0 radical (unpaired) electrons. The molecule has 0 atom stereocenters. The standard InChI is InChI=1S/C17H12N2O2/c1-21-17-9-12(5-6-16(17)20)7-15(11-19)14-4-2-3-13(8-14)10-18/h2-9,20H,1H3/b15-7-. The number of phenols is 1. The molecule has 0 spiro atoms. The molecule has 0 fully saturated rings. The van der Waals surface area contributed by atoms with Crippen molar-refractivity contribution in [3.63, 3.8) is 0 Å². The number of methoxy groups -OCH3 is 1. The normalized spacial score (nSPS) is 10.5. The Balaban J connectivity index is 2.46. The number of allylic oxidation sites excluding steroid dienone is 1. The first-order valence-electron chi connectivity index (χ1n) is 6.17. The van der Waals surface area contributed by atoms with E-state index in [9.17, 15) is 10.4 Å². The molecule has 4 nitrogen and oxygen atoms in total. The summed E-state index contributed by atoms with van der Waals surface area (Å²) in [5, 5.41) is 27.8. The van der Waals surface area contributed by atoms with E-state index in [-0.39, 0.29) is 5.75 Å². The summed E-state index contributed by atoms with van der Waals surface area (Å²) in [5.41, 5.74) is 2.32. The summed E-state index contributed by atoms with van der Waals surface area (Å²) in [6, 6.07) is 15.8. The maximum atomic E-state index is 9.56. The number of nitriles is 2. The topological polar surface area (TPSA) is 77.0 Å². The van der Waals surface area contributed by atoms with Crippen LogP contribution in [0.4, 0.5) is 0 Å². The van der Waals surface area contributed by atoms with Gasteiger partial charge in [-0.1, -0.05) is 18.2 Å². The molecule has 4 heteroatoms. The lowest BCUT2D eigenvalue weighted by Crippen LogP contribution is -1.86.